The fourth-order valence-corrected chi connectivity index (χ4v) is 4.56. The zero-order valence-electron chi connectivity index (χ0n) is 12.9. The molecule has 2 aromatic heterocycles. The van der Waals surface area contributed by atoms with Crippen molar-refractivity contribution in [2.75, 3.05) is 0 Å². The fourth-order valence-electron chi connectivity index (χ4n) is 3.14. The third-order valence-electron chi connectivity index (χ3n) is 4.51. The summed E-state index contributed by atoms with van der Waals surface area (Å²) < 4.78 is 1.55. The predicted molar refractivity (Wildman–Crippen MR) is 85.2 cm³/mol. The predicted octanol–water partition coefficient (Wildman–Crippen LogP) is 3.04. The van der Waals surface area contributed by atoms with E-state index in [1.165, 1.54) is 17.4 Å². The van der Waals surface area contributed by atoms with Crippen molar-refractivity contribution in [3.05, 3.63) is 26.6 Å². The molecule has 0 aromatic carbocycles. The number of carbonyl (C=O) groups excluding carboxylic acids is 1. The molecule has 112 valence electrons. The molecule has 0 aliphatic heterocycles. The van der Waals surface area contributed by atoms with Crippen LogP contribution in [0.25, 0.3) is 10.2 Å². The van der Waals surface area contributed by atoms with Crippen LogP contribution in [0.3, 0.4) is 0 Å². The second kappa shape index (κ2) is 5.05. The smallest absolute Gasteiger partial charge is 0.263 e. The lowest BCUT2D eigenvalue weighted by Gasteiger charge is -2.18. The van der Waals surface area contributed by atoms with Crippen molar-refractivity contribution in [3.8, 4) is 0 Å². The molecule has 1 aliphatic rings. The Hall–Kier alpha value is -1.49. The number of hydrogen-bond donors (Lipinski definition) is 0. The first-order valence-electron chi connectivity index (χ1n) is 7.44. The van der Waals surface area contributed by atoms with Crippen LogP contribution in [-0.2, 0) is 17.6 Å². The third-order valence-corrected chi connectivity index (χ3v) is 5.66. The summed E-state index contributed by atoms with van der Waals surface area (Å²) in [5.74, 6) is 1.28. The van der Waals surface area contributed by atoms with E-state index in [0.717, 1.165) is 29.5 Å². The minimum atomic E-state index is -0.451. The van der Waals surface area contributed by atoms with Gasteiger partial charge in [0.1, 0.15) is 10.7 Å². The standard InChI is InChI=1S/C16H20N2O2S/c1-8-5-6-12-13(7-8)21-15-14(12)16(20)18(11(4)17-15)9(2)10(3)19/h8-9H,5-7H2,1-4H3/t8-,9+/m1/s1. The average molecular weight is 304 g/mol. The normalized spacial score (nSPS) is 19.5. The van der Waals surface area contributed by atoms with Gasteiger partial charge in [0.05, 0.1) is 11.4 Å². The highest BCUT2D eigenvalue weighted by atomic mass is 32.1. The minimum Gasteiger partial charge on any atom is -0.298 e. The summed E-state index contributed by atoms with van der Waals surface area (Å²) in [6, 6.07) is -0.451. The van der Waals surface area contributed by atoms with E-state index in [1.807, 2.05) is 6.92 Å². The number of aromatic nitrogens is 2. The summed E-state index contributed by atoms with van der Waals surface area (Å²) in [7, 11) is 0. The zero-order chi connectivity index (χ0) is 15.3. The quantitative estimate of drug-likeness (QED) is 0.857. The minimum absolute atomic E-state index is 0.0148. The Bertz CT molecular complexity index is 788. The molecule has 0 fully saturated rings. The highest BCUT2D eigenvalue weighted by Gasteiger charge is 2.25. The Morgan fingerprint density at radius 2 is 2.19 bits per heavy atom. The first-order chi connectivity index (χ1) is 9.90. The molecule has 0 spiro atoms. The zero-order valence-corrected chi connectivity index (χ0v) is 13.7. The number of Topliss-reactive ketones (excluding diaryl/α,β-unsaturated/α-hetero) is 1. The van der Waals surface area contributed by atoms with Gasteiger partial charge in [-0.15, -0.1) is 11.3 Å². The van der Waals surface area contributed by atoms with Gasteiger partial charge in [-0.2, -0.15) is 0 Å². The van der Waals surface area contributed by atoms with Crippen LogP contribution in [0.15, 0.2) is 4.79 Å². The highest BCUT2D eigenvalue weighted by Crippen LogP contribution is 2.36. The van der Waals surface area contributed by atoms with Gasteiger partial charge in [0.2, 0.25) is 0 Å². The van der Waals surface area contributed by atoms with E-state index < -0.39 is 6.04 Å². The number of hydrogen-bond acceptors (Lipinski definition) is 4. The Kier molecular flexibility index (Phi) is 3.48. The molecule has 0 N–H and O–H groups in total. The lowest BCUT2D eigenvalue weighted by molar-refractivity contribution is -0.119. The third kappa shape index (κ3) is 2.24. The van der Waals surface area contributed by atoms with E-state index in [2.05, 4.69) is 11.9 Å². The largest absolute Gasteiger partial charge is 0.298 e. The van der Waals surface area contributed by atoms with Crippen LogP contribution in [0.1, 0.15) is 49.5 Å². The summed E-state index contributed by atoms with van der Waals surface area (Å²) in [6.45, 7) is 7.35. The van der Waals surface area contributed by atoms with E-state index >= 15 is 0 Å². The van der Waals surface area contributed by atoms with Gasteiger partial charge in [-0.25, -0.2) is 4.98 Å². The Labute approximate surface area is 127 Å². The van der Waals surface area contributed by atoms with Crippen molar-refractivity contribution in [2.45, 2.75) is 53.0 Å². The molecule has 0 saturated carbocycles. The van der Waals surface area contributed by atoms with Crippen molar-refractivity contribution in [2.24, 2.45) is 5.92 Å². The molecule has 0 unspecified atom stereocenters. The van der Waals surface area contributed by atoms with Crippen LogP contribution < -0.4 is 5.56 Å². The summed E-state index contributed by atoms with van der Waals surface area (Å²) in [5.41, 5.74) is 1.13. The molecule has 4 nitrogen and oxygen atoms in total. The van der Waals surface area contributed by atoms with Gasteiger partial charge in [0, 0.05) is 4.88 Å². The lowest BCUT2D eigenvalue weighted by Crippen LogP contribution is -2.30. The van der Waals surface area contributed by atoms with Crippen molar-refractivity contribution < 1.29 is 4.79 Å². The van der Waals surface area contributed by atoms with E-state index in [4.69, 9.17) is 0 Å². The Balaban J connectivity index is 2.29. The van der Waals surface area contributed by atoms with Gasteiger partial charge in [0.15, 0.2) is 5.78 Å². The molecule has 0 saturated heterocycles. The summed E-state index contributed by atoms with van der Waals surface area (Å²) in [5, 5.41) is 0.751. The van der Waals surface area contributed by atoms with Crippen LogP contribution in [-0.4, -0.2) is 15.3 Å². The maximum atomic E-state index is 12.9. The molecular weight excluding hydrogens is 284 g/mol. The van der Waals surface area contributed by atoms with Crippen LogP contribution in [0, 0.1) is 12.8 Å². The molecule has 1 aliphatic carbocycles. The van der Waals surface area contributed by atoms with Crippen molar-refractivity contribution >= 4 is 27.3 Å². The number of aryl methyl sites for hydroxylation is 2. The first kappa shape index (κ1) is 14.4. The Morgan fingerprint density at radius 1 is 1.48 bits per heavy atom. The van der Waals surface area contributed by atoms with E-state index in [9.17, 15) is 9.59 Å². The van der Waals surface area contributed by atoms with Crippen LogP contribution in [0.5, 0.6) is 0 Å². The maximum absolute atomic E-state index is 12.9. The van der Waals surface area contributed by atoms with Gasteiger partial charge < -0.3 is 0 Å². The van der Waals surface area contributed by atoms with Crippen molar-refractivity contribution in [3.63, 3.8) is 0 Å². The van der Waals surface area contributed by atoms with E-state index in [0.29, 0.717) is 11.7 Å². The van der Waals surface area contributed by atoms with Gasteiger partial charge in [-0.3, -0.25) is 14.2 Å². The molecule has 2 aromatic rings. The topological polar surface area (TPSA) is 52.0 Å². The monoisotopic (exact) mass is 304 g/mol. The summed E-state index contributed by atoms with van der Waals surface area (Å²) in [4.78, 5) is 31.3. The van der Waals surface area contributed by atoms with Gasteiger partial charge >= 0.3 is 0 Å². The average Bonchev–Trinajstić information content (AvgIpc) is 2.75. The number of fused-ring (bicyclic) bond motifs is 3. The second-order valence-corrected chi connectivity index (χ2v) is 7.24. The number of ketones is 1. The van der Waals surface area contributed by atoms with Gasteiger partial charge in [0.25, 0.3) is 5.56 Å². The lowest BCUT2D eigenvalue weighted by atomic mass is 9.89. The maximum Gasteiger partial charge on any atom is 0.263 e. The molecule has 2 heterocycles. The molecule has 5 heteroatoms. The molecule has 0 amide bonds. The van der Waals surface area contributed by atoms with E-state index in [-0.39, 0.29) is 11.3 Å². The van der Waals surface area contributed by atoms with Crippen LogP contribution in [0.4, 0.5) is 0 Å². The first-order valence-corrected chi connectivity index (χ1v) is 8.25. The number of carbonyl (C=O) groups is 1. The van der Waals surface area contributed by atoms with Crippen molar-refractivity contribution in [1.82, 2.24) is 9.55 Å². The van der Waals surface area contributed by atoms with Crippen molar-refractivity contribution in [1.29, 1.82) is 0 Å². The SMILES string of the molecule is CC(=O)[C@H](C)n1c(C)nc2sc3c(c2c1=O)CC[C@@H](C)C3. The Morgan fingerprint density at radius 3 is 2.86 bits per heavy atom. The number of nitrogens with zero attached hydrogens (tertiary/aromatic N) is 2. The second-order valence-electron chi connectivity index (χ2n) is 6.15. The van der Waals surface area contributed by atoms with Crippen LogP contribution in [0.2, 0.25) is 0 Å². The summed E-state index contributed by atoms with van der Waals surface area (Å²) in [6.07, 6.45) is 3.11. The highest BCUT2D eigenvalue weighted by molar-refractivity contribution is 7.18. The number of thiophene rings is 1. The molecule has 0 radical (unpaired) electrons. The molecule has 21 heavy (non-hydrogen) atoms. The summed E-state index contributed by atoms with van der Waals surface area (Å²) >= 11 is 1.65. The fraction of sp³-hybridized carbons (Fsp3) is 0.562. The molecular formula is C16H20N2O2S. The van der Waals surface area contributed by atoms with Gasteiger partial charge in [-0.05, 0) is 51.5 Å². The van der Waals surface area contributed by atoms with Crippen LogP contribution >= 0.6 is 11.3 Å². The van der Waals surface area contributed by atoms with E-state index in [1.54, 1.807) is 22.8 Å². The number of rotatable bonds is 2. The molecule has 3 rings (SSSR count). The molecule has 2 atom stereocenters. The molecule has 0 bridgehead atoms. The van der Waals surface area contributed by atoms with Gasteiger partial charge in [-0.1, -0.05) is 6.92 Å².